The van der Waals surface area contributed by atoms with Gasteiger partial charge in [0.15, 0.2) is 5.78 Å². The number of carbonyl (C=O) groups is 2. The summed E-state index contributed by atoms with van der Waals surface area (Å²) in [5, 5.41) is 3.09. The summed E-state index contributed by atoms with van der Waals surface area (Å²) >= 11 is 0. The van der Waals surface area contributed by atoms with Crippen molar-refractivity contribution in [2.24, 2.45) is 5.92 Å². The van der Waals surface area contributed by atoms with Crippen molar-refractivity contribution in [3.05, 3.63) is 0 Å². The fourth-order valence-electron chi connectivity index (χ4n) is 1.10. The van der Waals surface area contributed by atoms with Crippen molar-refractivity contribution in [1.29, 1.82) is 0 Å². The lowest BCUT2D eigenvalue weighted by molar-refractivity contribution is -0.123. The maximum Gasteiger partial charge on any atom is 0.151 e. The summed E-state index contributed by atoms with van der Waals surface area (Å²) in [5.41, 5.74) is 0. The molecule has 0 spiro atoms. The molecule has 0 saturated heterocycles. The van der Waals surface area contributed by atoms with E-state index in [9.17, 15) is 9.59 Å². The van der Waals surface area contributed by atoms with Crippen molar-refractivity contribution in [2.45, 2.75) is 39.7 Å². The van der Waals surface area contributed by atoms with Gasteiger partial charge >= 0.3 is 0 Å². The molecule has 1 N–H and O–H groups in total. The maximum atomic E-state index is 11.4. The molecule has 0 aliphatic heterocycles. The standard InChI is InChI=1S/C10H19NO2/c1-8(2)10(13)9(3)11-6-4-5-7-12/h7-9,11H,4-6H2,1-3H3. The fraction of sp³-hybridized carbons (Fsp3) is 0.800. The van der Waals surface area contributed by atoms with Crippen LogP contribution in [0.5, 0.6) is 0 Å². The number of carbonyl (C=O) groups excluding carboxylic acids is 2. The highest BCUT2D eigenvalue weighted by Crippen LogP contribution is 1.99. The SMILES string of the molecule is CC(C)C(=O)C(C)NCCCC=O. The van der Waals surface area contributed by atoms with Gasteiger partial charge in [0, 0.05) is 12.3 Å². The van der Waals surface area contributed by atoms with Crippen molar-refractivity contribution in [1.82, 2.24) is 5.32 Å². The van der Waals surface area contributed by atoms with E-state index in [-0.39, 0.29) is 17.7 Å². The molecule has 13 heavy (non-hydrogen) atoms. The normalized spacial score (nSPS) is 12.9. The van der Waals surface area contributed by atoms with Crippen LogP contribution in [0.15, 0.2) is 0 Å². The first-order chi connectivity index (χ1) is 6.09. The minimum absolute atomic E-state index is 0.0774. The average molecular weight is 185 g/mol. The van der Waals surface area contributed by atoms with Gasteiger partial charge in [0.2, 0.25) is 0 Å². The van der Waals surface area contributed by atoms with E-state index in [1.165, 1.54) is 0 Å². The molecule has 76 valence electrons. The van der Waals surface area contributed by atoms with Gasteiger partial charge in [-0.25, -0.2) is 0 Å². The van der Waals surface area contributed by atoms with Gasteiger partial charge in [-0.15, -0.1) is 0 Å². The molecule has 0 aromatic carbocycles. The molecule has 0 fully saturated rings. The average Bonchev–Trinajstić information content (AvgIpc) is 2.10. The first-order valence-electron chi connectivity index (χ1n) is 4.80. The molecule has 0 saturated carbocycles. The molecule has 0 aromatic heterocycles. The highest BCUT2D eigenvalue weighted by Gasteiger charge is 2.14. The number of nitrogens with one attached hydrogen (secondary N) is 1. The van der Waals surface area contributed by atoms with E-state index in [1.54, 1.807) is 0 Å². The molecule has 1 unspecified atom stereocenters. The Hall–Kier alpha value is -0.700. The lowest BCUT2D eigenvalue weighted by Gasteiger charge is -2.14. The molecule has 0 bridgehead atoms. The predicted molar refractivity (Wildman–Crippen MR) is 52.6 cm³/mol. The van der Waals surface area contributed by atoms with Crippen LogP contribution in [0.3, 0.4) is 0 Å². The van der Waals surface area contributed by atoms with Crippen LogP contribution in [0.2, 0.25) is 0 Å². The van der Waals surface area contributed by atoms with Crippen LogP contribution in [-0.4, -0.2) is 24.7 Å². The van der Waals surface area contributed by atoms with Gasteiger partial charge in [-0.3, -0.25) is 4.79 Å². The Balaban J connectivity index is 3.55. The minimum Gasteiger partial charge on any atom is -0.308 e. The monoisotopic (exact) mass is 185 g/mol. The first kappa shape index (κ1) is 12.3. The fourth-order valence-corrected chi connectivity index (χ4v) is 1.10. The van der Waals surface area contributed by atoms with Gasteiger partial charge in [0.05, 0.1) is 6.04 Å². The van der Waals surface area contributed by atoms with E-state index >= 15 is 0 Å². The molecular weight excluding hydrogens is 166 g/mol. The molecule has 3 nitrogen and oxygen atoms in total. The number of hydrogen-bond donors (Lipinski definition) is 1. The summed E-state index contributed by atoms with van der Waals surface area (Å²) in [6.07, 6.45) is 2.27. The van der Waals surface area contributed by atoms with Crippen LogP contribution in [0.25, 0.3) is 0 Å². The van der Waals surface area contributed by atoms with Crippen LogP contribution in [0.4, 0.5) is 0 Å². The number of Topliss-reactive ketones (excluding diaryl/α,β-unsaturated/α-hetero) is 1. The zero-order chi connectivity index (χ0) is 10.3. The third-order valence-electron chi connectivity index (χ3n) is 1.95. The lowest BCUT2D eigenvalue weighted by atomic mass is 10.0. The highest BCUT2D eigenvalue weighted by atomic mass is 16.1. The van der Waals surface area contributed by atoms with Crippen molar-refractivity contribution in [3.63, 3.8) is 0 Å². The quantitative estimate of drug-likeness (QED) is 0.478. The molecule has 0 rings (SSSR count). The number of ketones is 1. The molecule has 0 amide bonds. The van der Waals surface area contributed by atoms with E-state index in [0.717, 1.165) is 19.3 Å². The van der Waals surface area contributed by atoms with Crippen molar-refractivity contribution >= 4 is 12.1 Å². The Morgan fingerprint density at radius 3 is 2.46 bits per heavy atom. The Labute approximate surface area is 79.9 Å². The van der Waals surface area contributed by atoms with E-state index in [0.29, 0.717) is 6.42 Å². The van der Waals surface area contributed by atoms with Gasteiger partial charge in [0.1, 0.15) is 6.29 Å². The second kappa shape index (κ2) is 6.78. The molecule has 0 aliphatic carbocycles. The van der Waals surface area contributed by atoms with Gasteiger partial charge in [-0.2, -0.15) is 0 Å². The maximum absolute atomic E-state index is 11.4. The van der Waals surface area contributed by atoms with E-state index in [1.807, 2.05) is 20.8 Å². The molecule has 3 heteroatoms. The smallest absolute Gasteiger partial charge is 0.151 e. The van der Waals surface area contributed by atoms with E-state index in [4.69, 9.17) is 0 Å². The summed E-state index contributed by atoms with van der Waals surface area (Å²) in [7, 11) is 0. The molecule has 0 heterocycles. The Kier molecular flexibility index (Phi) is 6.41. The van der Waals surface area contributed by atoms with Crippen molar-refractivity contribution in [3.8, 4) is 0 Å². The Bertz CT molecular complexity index is 166. The third-order valence-corrected chi connectivity index (χ3v) is 1.95. The van der Waals surface area contributed by atoms with E-state index < -0.39 is 0 Å². The van der Waals surface area contributed by atoms with Crippen LogP contribution in [-0.2, 0) is 9.59 Å². The summed E-state index contributed by atoms with van der Waals surface area (Å²) in [6, 6.07) is -0.0911. The number of hydrogen-bond acceptors (Lipinski definition) is 3. The lowest BCUT2D eigenvalue weighted by Crippen LogP contribution is -2.37. The van der Waals surface area contributed by atoms with Crippen molar-refractivity contribution < 1.29 is 9.59 Å². The van der Waals surface area contributed by atoms with Crippen LogP contribution in [0, 0.1) is 5.92 Å². The van der Waals surface area contributed by atoms with Crippen LogP contribution < -0.4 is 5.32 Å². The second-order valence-electron chi connectivity index (χ2n) is 3.54. The molecule has 0 aromatic rings. The predicted octanol–water partition coefficient (Wildman–Crippen LogP) is 1.17. The summed E-state index contributed by atoms with van der Waals surface area (Å²) < 4.78 is 0. The molecule has 0 radical (unpaired) electrons. The van der Waals surface area contributed by atoms with Gasteiger partial charge < -0.3 is 10.1 Å². The zero-order valence-corrected chi connectivity index (χ0v) is 8.67. The first-order valence-corrected chi connectivity index (χ1v) is 4.80. The Morgan fingerprint density at radius 2 is 2.00 bits per heavy atom. The van der Waals surface area contributed by atoms with Gasteiger partial charge in [-0.1, -0.05) is 13.8 Å². The summed E-state index contributed by atoms with van der Waals surface area (Å²) in [5.74, 6) is 0.305. The zero-order valence-electron chi connectivity index (χ0n) is 8.67. The van der Waals surface area contributed by atoms with Gasteiger partial charge in [0.25, 0.3) is 0 Å². The number of unbranched alkanes of at least 4 members (excludes halogenated alkanes) is 1. The second-order valence-corrected chi connectivity index (χ2v) is 3.54. The third kappa shape index (κ3) is 5.53. The topological polar surface area (TPSA) is 46.2 Å². The van der Waals surface area contributed by atoms with Crippen LogP contribution in [0.1, 0.15) is 33.6 Å². The summed E-state index contributed by atoms with van der Waals surface area (Å²) in [6.45, 7) is 6.39. The number of aldehydes is 1. The summed E-state index contributed by atoms with van der Waals surface area (Å²) in [4.78, 5) is 21.4. The Morgan fingerprint density at radius 1 is 1.38 bits per heavy atom. The highest BCUT2D eigenvalue weighted by molar-refractivity contribution is 5.85. The molecule has 1 atom stereocenters. The van der Waals surface area contributed by atoms with Gasteiger partial charge in [-0.05, 0) is 19.9 Å². The minimum atomic E-state index is -0.0911. The molecular formula is C10H19NO2. The van der Waals surface area contributed by atoms with E-state index in [2.05, 4.69) is 5.32 Å². The molecule has 0 aliphatic rings. The van der Waals surface area contributed by atoms with Crippen LogP contribution >= 0.6 is 0 Å². The van der Waals surface area contributed by atoms with Crippen molar-refractivity contribution in [2.75, 3.05) is 6.54 Å². The number of rotatable bonds is 7. The largest absolute Gasteiger partial charge is 0.308 e.